The van der Waals surface area contributed by atoms with Crippen molar-refractivity contribution in [3.8, 4) is 5.75 Å². The fourth-order valence-corrected chi connectivity index (χ4v) is 3.15. The van der Waals surface area contributed by atoms with E-state index in [4.69, 9.17) is 9.47 Å². The zero-order chi connectivity index (χ0) is 16.8. The summed E-state index contributed by atoms with van der Waals surface area (Å²) in [5.41, 5.74) is 1.55. The van der Waals surface area contributed by atoms with Gasteiger partial charge < -0.3 is 19.9 Å². The summed E-state index contributed by atoms with van der Waals surface area (Å²) >= 11 is 0. The summed E-state index contributed by atoms with van der Waals surface area (Å²) in [5.74, 6) is 0.209. The number of aliphatic hydroxyl groups is 1. The van der Waals surface area contributed by atoms with Crippen LogP contribution in [0.1, 0.15) is 51.2 Å². The lowest BCUT2D eigenvalue weighted by molar-refractivity contribution is -0.147. The third-order valence-electron chi connectivity index (χ3n) is 4.40. The van der Waals surface area contributed by atoms with Gasteiger partial charge in [0.1, 0.15) is 11.8 Å². The molecule has 0 amide bonds. The van der Waals surface area contributed by atoms with Crippen LogP contribution in [0.4, 0.5) is 5.69 Å². The first kappa shape index (κ1) is 17.6. The van der Waals surface area contributed by atoms with Gasteiger partial charge in [0.25, 0.3) is 0 Å². The van der Waals surface area contributed by atoms with Crippen LogP contribution in [0.2, 0.25) is 0 Å². The van der Waals surface area contributed by atoms with E-state index < -0.39 is 12.1 Å². The predicted molar refractivity (Wildman–Crippen MR) is 89.6 cm³/mol. The Hall–Kier alpha value is -1.75. The molecule has 128 valence electrons. The van der Waals surface area contributed by atoms with Crippen molar-refractivity contribution < 1.29 is 19.4 Å². The quantitative estimate of drug-likeness (QED) is 0.596. The van der Waals surface area contributed by atoms with E-state index >= 15 is 0 Å². The van der Waals surface area contributed by atoms with E-state index in [1.165, 1.54) is 0 Å². The molecule has 0 aliphatic carbocycles. The number of aliphatic hydroxyl groups excluding tert-OH is 1. The Morgan fingerprint density at radius 1 is 1.30 bits per heavy atom. The minimum absolute atomic E-state index is 0.194. The highest BCUT2D eigenvalue weighted by atomic mass is 16.5. The third kappa shape index (κ3) is 3.96. The number of nitrogens with one attached hydrogen (secondary N) is 1. The second-order valence-corrected chi connectivity index (χ2v) is 5.93. The highest BCUT2D eigenvalue weighted by molar-refractivity contribution is 5.81. The Morgan fingerprint density at radius 2 is 2.09 bits per heavy atom. The molecule has 1 aromatic rings. The van der Waals surface area contributed by atoms with Gasteiger partial charge in [0, 0.05) is 17.2 Å². The Labute approximate surface area is 138 Å². The van der Waals surface area contributed by atoms with Crippen LogP contribution in [0.25, 0.3) is 0 Å². The molecule has 0 radical (unpaired) electrons. The Bertz CT molecular complexity index is 532. The molecule has 2 N–H and O–H groups in total. The molecular formula is C18H27NO4. The minimum atomic E-state index is -0.701. The number of carbonyl (C=O) groups excluding carboxylic acids is 1. The summed E-state index contributed by atoms with van der Waals surface area (Å²) in [6, 6.07) is 4.98. The van der Waals surface area contributed by atoms with E-state index in [2.05, 4.69) is 12.2 Å². The predicted octanol–water partition coefficient (Wildman–Crippen LogP) is 3.28. The van der Waals surface area contributed by atoms with Crippen LogP contribution in [-0.4, -0.2) is 30.8 Å². The molecule has 3 atom stereocenters. The minimum Gasteiger partial charge on any atom is -0.497 e. The average molecular weight is 321 g/mol. The van der Waals surface area contributed by atoms with Crippen LogP contribution in [0, 0.1) is 5.92 Å². The van der Waals surface area contributed by atoms with Crippen LogP contribution in [-0.2, 0) is 9.53 Å². The van der Waals surface area contributed by atoms with Crippen molar-refractivity contribution in [1.82, 2.24) is 0 Å². The average Bonchev–Trinajstić information content (AvgIpc) is 2.56. The molecule has 1 heterocycles. The van der Waals surface area contributed by atoms with Crippen LogP contribution >= 0.6 is 0 Å². The normalized spacial score (nSPS) is 22.9. The van der Waals surface area contributed by atoms with Crippen LogP contribution in [0.5, 0.6) is 5.75 Å². The zero-order valence-corrected chi connectivity index (χ0v) is 14.2. The molecule has 0 unspecified atom stereocenters. The van der Waals surface area contributed by atoms with E-state index in [0.29, 0.717) is 12.4 Å². The molecule has 0 saturated heterocycles. The molecule has 5 nitrogen and oxygen atoms in total. The van der Waals surface area contributed by atoms with Gasteiger partial charge >= 0.3 is 5.97 Å². The highest BCUT2D eigenvalue weighted by Crippen LogP contribution is 2.41. The molecule has 5 heteroatoms. The summed E-state index contributed by atoms with van der Waals surface area (Å²) < 4.78 is 10.4. The Balaban J connectivity index is 2.28. The fourth-order valence-electron chi connectivity index (χ4n) is 3.15. The van der Waals surface area contributed by atoms with Gasteiger partial charge in [-0.2, -0.15) is 0 Å². The van der Waals surface area contributed by atoms with Crippen LogP contribution < -0.4 is 10.1 Å². The topological polar surface area (TPSA) is 67.8 Å². The first-order valence-electron chi connectivity index (χ1n) is 8.41. The van der Waals surface area contributed by atoms with E-state index in [1.807, 2.05) is 18.2 Å². The molecule has 23 heavy (non-hydrogen) atoms. The van der Waals surface area contributed by atoms with Crippen molar-refractivity contribution in [2.45, 2.75) is 51.7 Å². The number of hydrogen-bond donors (Lipinski definition) is 2. The molecule has 0 aromatic heterocycles. The lowest BCUT2D eigenvalue weighted by Gasteiger charge is -2.37. The van der Waals surface area contributed by atoms with Crippen molar-refractivity contribution in [3.05, 3.63) is 23.8 Å². The number of ether oxygens (including phenoxy) is 2. The number of fused-ring (bicyclic) bond motifs is 1. The van der Waals surface area contributed by atoms with Gasteiger partial charge in [0.05, 0.1) is 19.8 Å². The highest BCUT2D eigenvalue weighted by Gasteiger charge is 2.40. The number of unbranched alkanes of at least 4 members (excludes halogenated alkanes) is 2. The maximum absolute atomic E-state index is 12.3. The number of carbonyl (C=O) groups is 1. The smallest absolute Gasteiger partial charge is 0.328 e. The summed E-state index contributed by atoms with van der Waals surface area (Å²) in [6.45, 7) is 4.27. The number of anilines is 1. The summed E-state index contributed by atoms with van der Waals surface area (Å²) in [4.78, 5) is 12.3. The van der Waals surface area contributed by atoms with Crippen molar-refractivity contribution in [2.24, 2.45) is 5.92 Å². The Morgan fingerprint density at radius 3 is 2.74 bits per heavy atom. The maximum atomic E-state index is 12.3. The lowest BCUT2D eigenvalue weighted by Crippen LogP contribution is -2.44. The van der Waals surface area contributed by atoms with Gasteiger partial charge in [0.15, 0.2) is 0 Å². The van der Waals surface area contributed by atoms with Crippen molar-refractivity contribution >= 4 is 11.7 Å². The van der Waals surface area contributed by atoms with Gasteiger partial charge in [-0.15, -0.1) is 0 Å². The van der Waals surface area contributed by atoms with Crippen molar-refractivity contribution in [1.29, 1.82) is 0 Å². The van der Waals surface area contributed by atoms with Crippen LogP contribution in [0.3, 0.4) is 0 Å². The molecule has 0 spiro atoms. The van der Waals surface area contributed by atoms with E-state index in [9.17, 15) is 9.90 Å². The first-order valence-corrected chi connectivity index (χ1v) is 8.41. The number of hydrogen-bond acceptors (Lipinski definition) is 5. The van der Waals surface area contributed by atoms with Crippen molar-refractivity contribution in [2.75, 3.05) is 19.0 Å². The van der Waals surface area contributed by atoms with Crippen LogP contribution in [0.15, 0.2) is 18.2 Å². The second-order valence-electron chi connectivity index (χ2n) is 5.93. The molecular weight excluding hydrogens is 294 g/mol. The summed E-state index contributed by atoms with van der Waals surface area (Å²) in [5, 5.41) is 14.1. The number of rotatable bonds is 7. The van der Waals surface area contributed by atoms with E-state index in [1.54, 1.807) is 14.0 Å². The van der Waals surface area contributed by atoms with Gasteiger partial charge in [-0.05, 0) is 31.5 Å². The van der Waals surface area contributed by atoms with Gasteiger partial charge in [0.2, 0.25) is 0 Å². The maximum Gasteiger partial charge on any atom is 0.328 e. The largest absolute Gasteiger partial charge is 0.497 e. The van der Waals surface area contributed by atoms with Crippen molar-refractivity contribution in [3.63, 3.8) is 0 Å². The molecule has 2 rings (SSSR count). The fraction of sp³-hybridized carbons (Fsp3) is 0.611. The summed E-state index contributed by atoms with van der Waals surface area (Å²) in [6.07, 6.45) is 3.25. The van der Waals surface area contributed by atoms with Gasteiger partial charge in [-0.1, -0.05) is 26.2 Å². The number of benzene rings is 1. The standard InChI is InChI=1S/C18H27NO4/c1-4-6-7-8-13-16(18(21)23-5-2)19-15-10-9-12(22-3)11-14(15)17(13)20/h9-11,13,16-17,19-20H,4-8H2,1-3H3/t13-,16-,17+/m0/s1. The van der Waals surface area contributed by atoms with E-state index in [-0.39, 0.29) is 11.9 Å². The zero-order valence-electron chi connectivity index (χ0n) is 14.2. The summed E-state index contributed by atoms with van der Waals surface area (Å²) in [7, 11) is 1.60. The monoisotopic (exact) mass is 321 g/mol. The third-order valence-corrected chi connectivity index (χ3v) is 4.40. The molecule has 0 bridgehead atoms. The van der Waals surface area contributed by atoms with E-state index in [0.717, 1.165) is 36.9 Å². The number of methoxy groups -OCH3 is 1. The van der Waals surface area contributed by atoms with Gasteiger partial charge in [-0.3, -0.25) is 0 Å². The molecule has 1 aliphatic rings. The Kier molecular flexibility index (Phi) is 6.28. The number of esters is 1. The molecule has 0 fully saturated rings. The SMILES string of the molecule is CCCCC[C@H]1[C@@H](C(=O)OCC)Nc2ccc(OC)cc2[C@@H]1O. The first-order chi connectivity index (χ1) is 11.1. The molecule has 1 aliphatic heterocycles. The molecule has 0 saturated carbocycles. The second kappa shape index (κ2) is 8.20. The van der Waals surface area contributed by atoms with Gasteiger partial charge in [-0.25, -0.2) is 4.79 Å². The lowest BCUT2D eigenvalue weighted by atomic mass is 9.81. The molecule has 1 aromatic carbocycles.